The van der Waals surface area contributed by atoms with Gasteiger partial charge in [0.25, 0.3) is 0 Å². The second-order valence-electron chi connectivity index (χ2n) is 4.41. The van der Waals surface area contributed by atoms with E-state index in [-0.39, 0.29) is 11.5 Å². The molecule has 20 heavy (non-hydrogen) atoms. The number of hydrogen-bond donors (Lipinski definition) is 2. The fourth-order valence-corrected chi connectivity index (χ4v) is 4.13. The van der Waals surface area contributed by atoms with Crippen LogP contribution in [0.1, 0.15) is 29.1 Å². The smallest absolute Gasteiger partial charge is 0.241 e. The minimum atomic E-state index is -3.64. The third-order valence-electron chi connectivity index (χ3n) is 3.01. The molecule has 0 spiro atoms. The summed E-state index contributed by atoms with van der Waals surface area (Å²) in [7, 11) is -3.64. The molecule has 108 valence electrons. The second-order valence-corrected chi connectivity index (χ2v) is 7.02. The van der Waals surface area contributed by atoms with Crippen LogP contribution < -0.4 is 4.72 Å². The van der Waals surface area contributed by atoms with Crippen LogP contribution in [0.2, 0.25) is 0 Å². The Hall–Kier alpha value is -1.28. The minimum Gasteiger partial charge on any atom is -0.392 e. The molecule has 2 N–H and O–H groups in total. The Labute approximate surface area is 122 Å². The zero-order valence-corrected chi connectivity index (χ0v) is 12.8. The lowest BCUT2D eigenvalue weighted by Gasteiger charge is -2.15. The zero-order valence-electron chi connectivity index (χ0n) is 11.2. The largest absolute Gasteiger partial charge is 0.392 e. The Morgan fingerprint density at radius 3 is 2.80 bits per heavy atom. The maximum Gasteiger partial charge on any atom is 0.241 e. The molecule has 2 rings (SSSR count). The average molecular weight is 312 g/mol. The highest BCUT2D eigenvalue weighted by atomic mass is 32.2. The summed E-state index contributed by atoms with van der Waals surface area (Å²) in [5.41, 5.74) is 1.17. The summed E-state index contributed by atoms with van der Waals surface area (Å²) in [5, 5.41) is 11.7. The maximum atomic E-state index is 12.4. The van der Waals surface area contributed by atoms with Crippen molar-refractivity contribution in [3.8, 4) is 0 Å². The van der Waals surface area contributed by atoms with Crippen LogP contribution in [-0.2, 0) is 16.6 Å². The third kappa shape index (κ3) is 3.06. The third-order valence-corrected chi connectivity index (χ3v) is 5.65. The van der Waals surface area contributed by atoms with E-state index in [9.17, 15) is 13.5 Å². The van der Waals surface area contributed by atoms with Gasteiger partial charge in [0.2, 0.25) is 10.0 Å². The first kappa shape index (κ1) is 15.1. The van der Waals surface area contributed by atoms with Crippen molar-refractivity contribution in [2.75, 3.05) is 0 Å². The lowest BCUT2D eigenvalue weighted by molar-refractivity contribution is 0.280. The number of aromatic nitrogens is 1. The predicted octanol–water partition coefficient (Wildman–Crippen LogP) is 1.98. The number of aliphatic hydroxyl groups excluding tert-OH is 1. The molecule has 2 aromatic rings. The van der Waals surface area contributed by atoms with E-state index in [0.29, 0.717) is 16.1 Å². The van der Waals surface area contributed by atoms with Gasteiger partial charge in [-0.25, -0.2) is 18.1 Å². The molecule has 5 nitrogen and oxygen atoms in total. The molecule has 0 aliphatic rings. The van der Waals surface area contributed by atoms with Crippen LogP contribution in [0.25, 0.3) is 0 Å². The van der Waals surface area contributed by atoms with Crippen LogP contribution in [0.5, 0.6) is 0 Å². The Morgan fingerprint density at radius 1 is 1.45 bits per heavy atom. The van der Waals surface area contributed by atoms with Crippen molar-refractivity contribution in [3.05, 3.63) is 45.9 Å². The van der Waals surface area contributed by atoms with Gasteiger partial charge >= 0.3 is 0 Å². The number of aliphatic hydroxyl groups is 1. The van der Waals surface area contributed by atoms with Gasteiger partial charge in [0.15, 0.2) is 0 Å². The molecule has 1 aromatic heterocycles. The summed E-state index contributed by atoms with van der Waals surface area (Å²) in [6.07, 6.45) is 1.64. The molecule has 0 amide bonds. The second kappa shape index (κ2) is 6.01. The standard InChI is InChI=1S/C13H16N2O3S2/c1-9-11(8-16)4-3-5-12(9)20(17,18)15-10(2)13-14-6-7-19-13/h3-7,10,15-16H,8H2,1-2H3. The summed E-state index contributed by atoms with van der Waals surface area (Å²) >= 11 is 1.40. The van der Waals surface area contributed by atoms with Crippen molar-refractivity contribution < 1.29 is 13.5 Å². The first-order chi connectivity index (χ1) is 9.45. The number of nitrogens with zero attached hydrogens (tertiary/aromatic N) is 1. The quantitative estimate of drug-likeness (QED) is 0.885. The van der Waals surface area contributed by atoms with E-state index < -0.39 is 16.1 Å². The van der Waals surface area contributed by atoms with Gasteiger partial charge in [-0.1, -0.05) is 12.1 Å². The van der Waals surface area contributed by atoms with Crippen LogP contribution in [0, 0.1) is 6.92 Å². The van der Waals surface area contributed by atoms with Gasteiger partial charge in [-0.3, -0.25) is 0 Å². The molecule has 1 atom stereocenters. The normalized spacial score (nSPS) is 13.3. The van der Waals surface area contributed by atoms with Crippen LogP contribution >= 0.6 is 11.3 Å². The van der Waals surface area contributed by atoms with Gasteiger partial charge in [0, 0.05) is 11.6 Å². The van der Waals surface area contributed by atoms with Crippen LogP contribution in [0.15, 0.2) is 34.7 Å². The molecule has 0 fully saturated rings. The number of thiazole rings is 1. The number of rotatable bonds is 5. The molecule has 0 aliphatic carbocycles. The summed E-state index contributed by atoms with van der Waals surface area (Å²) in [6.45, 7) is 3.26. The summed E-state index contributed by atoms with van der Waals surface area (Å²) in [4.78, 5) is 4.29. The van der Waals surface area contributed by atoms with Crippen LogP contribution in [0.4, 0.5) is 0 Å². The first-order valence-corrected chi connectivity index (χ1v) is 8.43. The van der Waals surface area contributed by atoms with E-state index in [2.05, 4.69) is 9.71 Å². The van der Waals surface area contributed by atoms with Crippen molar-refractivity contribution in [2.24, 2.45) is 0 Å². The highest BCUT2D eigenvalue weighted by Crippen LogP contribution is 2.22. The number of benzene rings is 1. The number of hydrogen-bond acceptors (Lipinski definition) is 5. The molecule has 1 aromatic carbocycles. The monoisotopic (exact) mass is 312 g/mol. The Bertz CT molecular complexity index is 682. The zero-order chi connectivity index (χ0) is 14.8. The molecule has 0 aliphatic heterocycles. The van der Waals surface area contributed by atoms with Gasteiger partial charge < -0.3 is 5.11 Å². The van der Waals surface area contributed by atoms with E-state index in [1.54, 1.807) is 37.6 Å². The molecule has 0 saturated heterocycles. The molecular formula is C13H16N2O3S2. The molecule has 1 heterocycles. The molecule has 0 bridgehead atoms. The first-order valence-electron chi connectivity index (χ1n) is 6.07. The predicted molar refractivity (Wildman–Crippen MR) is 78.0 cm³/mol. The molecular weight excluding hydrogens is 296 g/mol. The van der Waals surface area contributed by atoms with Crippen LogP contribution in [0.3, 0.4) is 0 Å². The lowest BCUT2D eigenvalue weighted by atomic mass is 10.1. The summed E-state index contributed by atoms with van der Waals surface area (Å²) in [5.74, 6) is 0. The highest BCUT2D eigenvalue weighted by Gasteiger charge is 2.22. The highest BCUT2D eigenvalue weighted by molar-refractivity contribution is 7.89. The van der Waals surface area contributed by atoms with Gasteiger partial charge in [-0.05, 0) is 31.0 Å². The van der Waals surface area contributed by atoms with Crippen molar-refractivity contribution in [1.29, 1.82) is 0 Å². The molecule has 1 unspecified atom stereocenters. The average Bonchev–Trinajstić information content (AvgIpc) is 2.92. The van der Waals surface area contributed by atoms with E-state index >= 15 is 0 Å². The summed E-state index contributed by atoms with van der Waals surface area (Å²) < 4.78 is 27.4. The van der Waals surface area contributed by atoms with Crippen molar-refractivity contribution in [3.63, 3.8) is 0 Å². The van der Waals surface area contributed by atoms with E-state index in [1.165, 1.54) is 17.4 Å². The lowest BCUT2D eigenvalue weighted by Crippen LogP contribution is -2.27. The Kier molecular flexibility index (Phi) is 4.54. The van der Waals surface area contributed by atoms with E-state index in [0.717, 1.165) is 0 Å². The SMILES string of the molecule is Cc1c(CO)cccc1S(=O)(=O)NC(C)c1nccs1. The molecule has 7 heteroatoms. The number of nitrogens with one attached hydrogen (secondary N) is 1. The molecule has 0 radical (unpaired) electrons. The van der Waals surface area contributed by atoms with Gasteiger partial charge in [0.1, 0.15) is 5.01 Å². The van der Waals surface area contributed by atoms with E-state index in [4.69, 9.17) is 0 Å². The topological polar surface area (TPSA) is 79.3 Å². The maximum absolute atomic E-state index is 12.4. The van der Waals surface area contributed by atoms with Gasteiger partial charge in [0.05, 0.1) is 17.5 Å². The summed E-state index contributed by atoms with van der Waals surface area (Å²) in [6, 6.07) is 4.47. The minimum absolute atomic E-state index is 0.183. The van der Waals surface area contributed by atoms with Crippen LogP contribution in [-0.4, -0.2) is 18.5 Å². The van der Waals surface area contributed by atoms with Crippen molar-refractivity contribution in [2.45, 2.75) is 31.4 Å². The Balaban J connectivity index is 2.31. The van der Waals surface area contributed by atoms with E-state index in [1.807, 2.05) is 0 Å². The van der Waals surface area contributed by atoms with Crippen molar-refractivity contribution in [1.82, 2.24) is 9.71 Å². The number of sulfonamides is 1. The van der Waals surface area contributed by atoms with Gasteiger partial charge in [-0.2, -0.15) is 0 Å². The fraction of sp³-hybridized carbons (Fsp3) is 0.308. The fourth-order valence-electron chi connectivity index (χ4n) is 1.92. The van der Waals surface area contributed by atoms with Crippen molar-refractivity contribution >= 4 is 21.4 Å². The molecule has 0 saturated carbocycles. The van der Waals surface area contributed by atoms with Gasteiger partial charge in [-0.15, -0.1) is 11.3 Å². The Morgan fingerprint density at radius 2 is 2.20 bits per heavy atom.